The van der Waals surface area contributed by atoms with Crippen molar-refractivity contribution in [2.75, 3.05) is 12.5 Å². The average molecular weight is 229 g/mol. The number of alkyl halides is 1. The SMILES string of the molecule is CCc1ccc(C2OCCCC2CCl)o1. The van der Waals surface area contributed by atoms with E-state index in [1.807, 2.05) is 12.1 Å². The van der Waals surface area contributed by atoms with Crippen LogP contribution in [0.25, 0.3) is 0 Å². The zero-order valence-corrected chi connectivity index (χ0v) is 9.80. The molecule has 0 bridgehead atoms. The van der Waals surface area contributed by atoms with E-state index in [2.05, 4.69) is 6.92 Å². The topological polar surface area (TPSA) is 22.4 Å². The average Bonchev–Trinajstić information content (AvgIpc) is 2.77. The minimum atomic E-state index is 0.0662. The molecule has 1 fully saturated rings. The summed E-state index contributed by atoms with van der Waals surface area (Å²) in [5, 5.41) is 0. The quantitative estimate of drug-likeness (QED) is 0.739. The molecular weight excluding hydrogens is 212 g/mol. The van der Waals surface area contributed by atoms with Crippen LogP contribution in [0.5, 0.6) is 0 Å². The molecule has 1 aliphatic heterocycles. The third-order valence-electron chi connectivity index (χ3n) is 2.95. The molecule has 2 nitrogen and oxygen atoms in total. The van der Waals surface area contributed by atoms with E-state index in [0.29, 0.717) is 11.8 Å². The van der Waals surface area contributed by atoms with Gasteiger partial charge in [-0.15, -0.1) is 11.6 Å². The first-order valence-corrected chi connectivity index (χ1v) is 6.14. The van der Waals surface area contributed by atoms with Gasteiger partial charge in [0, 0.05) is 24.8 Å². The molecule has 0 amide bonds. The summed E-state index contributed by atoms with van der Waals surface area (Å²) >= 11 is 5.94. The molecule has 0 radical (unpaired) electrons. The van der Waals surface area contributed by atoms with E-state index < -0.39 is 0 Å². The maximum absolute atomic E-state index is 5.94. The van der Waals surface area contributed by atoms with Crippen molar-refractivity contribution in [2.45, 2.75) is 32.3 Å². The predicted octanol–water partition coefficient (Wildman–Crippen LogP) is 3.55. The molecule has 1 saturated heterocycles. The summed E-state index contributed by atoms with van der Waals surface area (Å²) in [5.41, 5.74) is 0. The molecule has 0 aliphatic carbocycles. The molecule has 15 heavy (non-hydrogen) atoms. The van der Waals surface area contributed by atoms with Gasteiger partial charge in [0.2, 0.25) is 0 Å². The predicted molar refractivity (Wildman–Crippen MR) is 60.2 cm³/mol. The van der Waals surface area contributed by atoms with E-state index >= 15 is 0 Å². The minimum absolute atomic E-state index is 0.0662. The van der Waals surface area contributed by atoms with E-state index in [9.17, 15) is 0 Å². The first-order valence-electron chi connectivity index (χ1n) is 5.61. The van der Waals surface area contributed by atoms with Crippen LogP contribution in [0.2, 0.25) is 0 Å². The molecule has 2 rings (SSSR count). The summed E-state index contributed by atoms with van der Waals surface area (Å²) in [5.74, 6) is 3.01. The lowest BCUT2D eigenvalue weighted by Crippen LogP contribution is -2.23. The molecular formula is C12H17ClO2. The fraction of sp³-hybridized carbons (Fsp3) is 0.667. The van der Waals surface area contributed by atoms with Crippen molar-refractivity contribution >= 4 is 11.6 Å². The number of aryl methyl sites for hydroxylation is 1. The van der Waals surface area contributed by atoms with Gasteiger partial charge in [0.25, 0.3) is 0 Å². The zero-order valence-electron chi connectivity index (χ0n) is 9.04. The van der Waals surface area contributed by atoms with Gasteiger partial charge in [0.15, 0.2) is 0 Å². The number of ether oxygens (including phenoxy) is 1. The lowest BCUT2D eigenvalue weighted by Gasteiger charge is -2.28. The molecule has 1 aliphatic rings. The van der Waals surface area contributed by atoms with E-state index in [4.69, 9.17) is 20.8 Å². The monoisotopic (exact) mass is 228 g/mol. The molecule has 0 N–H and O–H groups in total. The van der Waals surface area contributed by atoms with Crippen LogP contribution < -0.4 is 0 Å². The summed E-state index contributed by atoms with van der Waals surface area (Å²) in [6, 6.07) is 4.05. The highest BCUT2D eigenvalue weighted by atomic mass is 35.5. The van der Waals surface area contributed by atoms with E-state index in [0.717, 1.165) is 37.4 Å². The van der Waals surface area contributed by atoms with Gasteiger partial charge in [-0.3, -0.25) is 0 Å². The summed E-state index contributed by atoms with van der Waals surface area (Å²) in [4.78, 5) is 0. The maximum Gasteiger partial charge on any atom is 0.133 e. The Hall–Kier alpha value is -0.470. The highest BCUT2D eigenvalue weighted by molar-refractivity contribution is 6.18. The van der Waals surface area contributed by atoms with Crippen molar-refractivity contribution in [2.24, 2.45) is 5.92 Å². The largest absolute Gasteiger partial charge is 0.463 e. The van der Waals surface area contributed by atoms with E-state index in [1.165, 1.54) is 0 Å². The Morgan fingerprint density at radius 1 is 1.47 bits per heavy atom. The maximum atomic E-state index is 5.94. The number of rotatable bonds is 3. The van der Waals surface area contributed by atoms with Gasteiger partial charge in [-0.1, -0.05) is 6.92 Å². The Bertz CT molecular complexity index is 308. The first-order chi connectivity index (χ1) is 7.35. The fourth-order valence-electron chi connectivity index (χ4n) is 2.05. The van der Waals surface area contributed by atoms with Crippen molar-refractivity contribution in [3.63, 3.8) is 0 Å². The van der Waals surface area contributed by atoms with Crippen LogP contribution >= 0.6 is 11.6 Å². The fourth-order valence-corrected chi connectivity index (χ4v) is 2.37. The van der Waals surface area contributed by atoms with Crippen LogP contribution in [0.1, 0.15) is 37.4 Å². The van der Waals surface area contributed by atoms with Gasteiger partial charge in [0.05, 0.1) is 0 Å². The molecule has 2 heterocycles. The molecule has 0 saturated carbocycles. The Morgan fingerprint density at radius 3 is 3.00 bits per heavy atom. The molecule has 1 aromatic rings. The second-order valence-electron chi connectivity index (χ2n) is 4.01. The summed E-state index contributed by atoms with van der Waals surface area (Å²) in [7, 11) is 0. The highest BCUT2D eigenvalue weighted by Gasteiger charge is 2.29. The first kappa shape index (κ1) is 11.0. The third kappa shape index (κ3) is 2.37. The summed E-state index contributed by atoms with van der Waals surface area (Å²) in [6.07, 6.45) is 3.24. The van der Waals surface area contributed by atoms with Crippen molar-refractivity contribution < 1.29 is 9.15 Å². The Morgan fingerprint density at radius 2 is 2.33 bits per heavy atom. The van der Waals surface area contributed by atoms with E-state index in [1.54, 1.807) is 0 Å². The molecule has 2 unspecified atom stereocenters. The van der Waals surface area contributed by atoms with Crippen LogP contribution in [0.4, 0.5) is 0 Å². The number of furan rings is 1. The molecule has 2 atom stereocenters. The molecule has 0 aromatic carbocycles. The molecule has 1 aromatic heterocycles. The van der Waals surface area contributed by atoms with Crippen LogP contribution in [0.3, 0.4) is 0 Å². The summed E-state index contributed by atoms with van der Waals surface area (Å²) < 4.78 is 11.5. The summed E-state index contributed by atoms with van der Waals surface area (Å²) in [6.45, 7) is 2.91. The minimum Gasteiger partial charge on any atom is -0.463 e. The Balaban J connectivity index is 2.12. The normalized spacial score (nSPS) is 26.8. The molecule has 3 heteroatoms. The number of hydrogen-bond acceptors (Lipinski definition) is 2. The highest BCUT2D eigenvalue weighted by Crippen LogP contribution is 2.35. The van der Waals surface area contributed by atoms with E-state index in [-0.39, 0.29) is 6.10 Å². The van der Waals surface area contributed by atoms with Gasteiger partial charge in [-0.05, 0) is 25.0 Å². The standard InChI is InChI=1S/C12H17ClO2/c1-2-10-5-6-11(15-10)12-9(8-13)4-3-7-14-12/h5-6,9,12H,2-4,7-8H2,1H3. The van der Waals surface area contributed by atoms with Gasteiger partial charge < -0.3 is 9.15 Å². The van der Waals surface area contributed by atoms with Crippen LogP contribution in [0, 0.1) is 5.92 Å². The number of hydrogen-bond donors (Lipinski definition) is 0. The smallest absolute Gasteiger partial charge is 0.133 e. The zero-order chi connectivity index (χ0) is 10.7. The van der Waals surface area contributed by atoms with Crippen molar-refractivity contribution in [1.29, 1.82) is 0 Å². The Kier molecular flexibility index (Phi) is 3.71. The van der Waals surface area contributed by atoms with Crippen LogP contribution in [-0.4, -0.2) is 12.5 Å². The molecule has 0 spiro atoms. The second-order valence-corrected chi connectivity index (χ2v) is 4.31. The van der Waals surface area contributed by atoms with Gasteiger partial charge in [0.1, 0.15) is 17.6 Å². The van der Waals surface area contributed by atoms with Crippen molar-refractivity contribution in [1.82, 2.24) is 0 Å². The van der Waals surface area contributed by atoms with Gasteiger partial charge >= 0.3 is 0 Å². The van der Waals surface area contributed by atoms with Crippen LogP contribution in [-0.2, 0) is 11.2 Å². The lowest BCUT2D eigenvalue weighted by molar-refractivity contribution is -0.0334. The van der Waals surface area contributed by atoms with Crippen molar-refractivity contribution in [3.05, 3.63) is 23.7 Å². The Labute approximate surface area is 95.6 Å². The lowest BCUT2D eigenvalue weighted by atomic mass is 9.95. The molecule has 84 valence electrons. The van der Waals surface area contributed by atoms with Gasteiger partial charge in [-0.25, -0.2) is 0 Å². The van der Waals surface area contributed by atoms with Crippen molar-refractivity contribution in [3.8, 4) is 0 Å². The second kappa shape index (κ2) is 5.04. The van der Waals surface area contributed by atoms with Crippen LogP contribution in [0.15, 0.2) is 16.5 Å². The third-order valence-corrected chi connectivity index (χ3v) is 3.35. The van der Waals surface area contributed by atoms with Gasteiger partial charge in [-0.2, -0.15) is 0 Å². The number of halogens is 1.